The molecule has 2 heterocycles. The number of fused-ring (bicyclic) bond motifs is 5. The number of hydrogen-bond acceptors (Lipinski definition) is 2. The van der Waals surface area contributed by atoms with E-state index in [1.54, 1.807) is 0 Å². The van der Waals surface area contributed by atoms with Gasteiger partial charge < -0.3 is 0 Å². The molecule has 3 heteroatoms. The first kappa shape index (κ1) is 25.4. The molecule has 0 radical (unpaired) electrons. The average Bonchev–Trinajstić information content (AvgIpc) is 3.49. The van der Waals surface area contributed by atoms with Gasteiger partial charge in [-0.2, -0.15) is 0 Å². The van der Waals surface area contributed by atoms with Gasteiger partial charge in [0.25, 0.3) is 0 Å². The second kappa shape index (κ2) is 10.3. The highest BCUT2D eigenvalue weighted by Crippen LogP contribution is 2.44. The Labute approximate surface area is 260 Å². The molecule has 9 aromatic rings. The zero-order chi connectivity index (χ0) is 29.7. The van der Waals surface area contributed by atoms with Gasteiger partial charge in [0.15, 0.2) is 0 Å². The Morgan fingerprint density at radius 2 is 0.867 bits per heavy atom. The van der Waals surface area contributed by atoms with Crippen LogP contribution in [0.15, 0.2) is 164 Å². The van der Waals surface area contributed by atoms with Crippen molar-refractivity contribution in [2.75, 3.05) is 0 Å². The summed E-state index contributed by atoms with van der Waals surface area (Å²) in [6.07, 6.45) is 0. The van der Waals surface area contributed by atoms with Crippen LogP contribution in [-0.4, -0.2) is 14.4 Å². The molecule has 210 valence electrons. The van der Waals surface area contributed by atoms with E-state index in [1.165, 1.54) is 38.2 Å². The van der Waals surface area contributed by atoms with Crippen molar-refractivity contribution in [2.24, 2.45) is 0 Å². The van der Waals surface area contributed by atoms with Crippen molar-refractivity contribution in [2.45, 2.75) is 0 Å². The number of nitrogens with zero attached hydrogens (tertiary/aromatic N) is 3. The summed E-state index contributed by atoms with van der Waals surface area (Å²) in [6, 6.07) is 58.0. The van der Waals surface area contributed by atoms with Crippen molar-refractivity contribution in [3.63, 3.8) is 0 Å². The number of imidazole rings is 1. The SMILES string of the molecule is c1ccc(-c2cc(-c3ccccc3)n3c(n2)nc2cc(-c4c5ccccc5c(-c5ccccc5)c5ccccc45)ccc23)cc1. The first-order valence-corrected chi connectivity index (χ1v) is 15.3. The second-order valence-corrected chi connectivity index (χ2v) is 11.4. The maximum atomic E-state index is 5.15. The van der Waals surface area contributed by atoms with Crippen LogP contribution < -0.4 is 0 Å². The van der Waals surface area contributed by atoms with Crippen molar-refractivity contribution in [1.82, 2.24) is 14.4 Å². The Hall–Kier alpha value is -6.06. The smallest absolute Gasteiger partial charge is 0.235 e. The highest BCUT2D eigenvalue weighted by atomic mass is 15.1. The van der Waals surface area contributed by atoms with Crippen LogP contribution in [0.1, 0.15) is 0 Å². The summed E-state index contributed by atoms with van der Waals surface area (Å²) in [5.74, 6) is 0.691. The Morgan fingerprint density at radius 3 is 1.44 bits per heavy atom. The van der Waals surface area contributed by atoms with E-state index in [2.05, 4.69) is 162 Å². The third-order valence-electron chi connectivity index (χ3n) is 8.79. The first-order chi connectivity index (χ1) is 22.3. The third kappa shape index (κ3) is 4.13. The molecule has 0 fully saturated rings. The Bertz CT molecular complexity index is 2460. The fraction of sp³-hybridized carbons (Fsp3) is 0. The summed E-state index contributed by atoms with van der Waals surface area (Å²) in [5, 5.41) is 4.95. The second-order valence-electron chi connectivity index (χ2n) is 11.4. The van der Waals surface area contributed by atoms with E-state index in [1.807, 2.05) is 6.07 Å². The maximum absolute atomic E-state index is 5.15. The van der Waals surface area contributed by atoms with Crippen molar-refractivity contribution in [3.05, 3.63) is 164 Å². The van der Waals surface area contributed by atoms with Crippen molar-refractivity contribution >= 4 is 38.4 Å². The molecule has 0 unspecified atom stereocenters. The molecule has 0 saturated carbocycles. The minimum Gasteiger partial charge on any atom is -0.276 e. The maximum Gasteiger partial charge on any atom is 0.235 e. The molecule has 7 aromatic carbocycles. The molecule has 0 atom stereocenters. The summed E-state index contributed by atoms with van der Waals surface area (Å²) in [6.45, 7) is 0. The molecule has 0 aliphatic carbocycles. The lowest BCUT2D eigenvalue weighted by molar-refractivity contribution is 1.14. The van der Waals surface area contributed by atoms with E-state index < -0.39 is 0 Å². The monoisotopic (exact) mass is 573 g/mol. The van der Waals surface area contributed by atoms with Crippen LogP contribution in [0.25, 0.3) is 83.1 Å². The van der Waals surface area contributed by atoms with E-state index >= 15 is 0 Å². The van der Waals surface area contributed by atoms with Crippen LogP contribution in [0.3, 0.4) is 0 Å². The topological polar surface area (TPSA) is 30.2 Å². The van der Waals surface area contributed by atoms with Gasteiger partial charge in [-0.3, -0.25) is 4.40 Å². The number of hydrogen-bond donors (Lipinski definition) is 0. The highest BCUT2D eigenvalue weighted by molar-refractivity contribution is 6.21. The predicted octanol–water partition coefficient (Wildman–Crippen LogP) is 10.9. The van der Waals surface area contributed by atoms with Gasteiger partial charge in [0.2, 0.25) is 5.78 Å². The molecule has 45 heavy (non-hydrogen) atoms. The number of rotatable bonds is 4. The van der Waals surface area contributed by atoms with Gasteiger partial charge >= 0.3 is 0 Å². The van der Waals surface area contributed by atoms with Crippen molar-refractivity contribution in [3.8, 4) is 44.8 Å². The Balaban J connectivity index is 1.33. The van der Waals surface area contributed by atoms with Gasteiger partial charge in [0.1, 0.15) is 0 Å². The standard InChI is InChI=1S/C42H27N3/c1-4-14-28(15-5-1)36-27-39(29-16-6-2-7-17-29)45-38-25-24-31(26-37(38)44-42(45)43-36)41-34-22-12-10-20-32(34)40(30-18-8-3-9-19-30)33-21-11-13-23-35(33)41/h1-27H. The first-order valence-electron chi connectivity index (χ1n) is 15.3. The zero-order valence-electron chi connectivity index (χ0n) is 24.4. The quantitative estimate of drug-likeness (QED) is 0.196. The van der Waals surface area contributed by atoms with Gasteiger partial charge in [-0.15, -0.1) is 0 Å². The molecule has 0 aliphatic rings. The minimum atomic E-state index is 0.691. The van der Waals surface area contributed by atoms with Gasteiger partial charge in [-0.25, -0.2) is 9.97 Å². The normalized spacial score (nSPS) is 11.6. The van der Waals surface area contributed by atoms with E-state index in [9.17, 15) is 0 Å². The molecular weight excluding hydrogens is 546 g/mol. The average molecular weight is 574 g/mol. The van der Waals surface area contributed by atoms with Crippen LogP contribution in [0.2, 0.25) is 0 Å². The molecule has 9 rings (SSSR count). The summed E-state index contributed by atoms with van der Waals surface area (Å²) < 4.78 is 2.19. The molecule has 3 nitrogen and oxygen atoms in total. The number of benzene rings is 7. The Kier molecular flexibility index (Phi) is 5.82. The third-order valence-corrected chi connectivity index (χ3v) is 8.79. The minimum absolute atomic E-state index is 0.691. The molecule has 0 saturated heterocycles. The molecular formula is C42H27N3. The van der Waals surface area contributed by atoms with Crippen LogP contribution in [0, 0.1) is 0 Å². The van der Waals surface area contributed by atoms with Crippen LogP contribution in [-0.2, 0) is 0 Å². The molecule has 0 spiro atoms. The lowest BCUT2D eigenvalue weighted by Crippen LogP contribution is -1.97. The van der Waals surface area contributed by atoms with E-state index in [-0.39, 0.29) is 0 Å². The zero-order valence-corrected chi connectivity index (χ0v) is 24.4. The van der Waals surface area contributed by atoms with E-state index in [0.717, 1.165) is 39.1 Å². The van der Waals surface area contributed by atoms with Gasteiger partial charge in [0, 0.05) is 5.56 Å². The van der Waals surface area contributed by atoms with Crippen LogP contribution in [0.4, 0.5) is 0 Å². The summed E-state index contributed by atoms with van der Waals surface area (Å²) in [5.41, 5.74) is 11.0. The van der Waals surface area contributed by atoms with Crippen LogP contribution >= 0.6 is 0 Å². The Morgan fingerprint density at radius 1 is 0.378 bits per heavy atom. The number of aromatic nitrogens is 3. The van der Waals surface area contributed by atoms with Gasteiger partial charge in [-0.1, -0.05) is 146 Å². The summed E-state index contributed by atoms with van der Waals surface area (Å²) >= 11 is 0. The fourth-order valence-corrected chi connectivity index (χ4v) is 6.80. The lowest BCUT2D eigenvalue weighted by Gasteiger charge is -2.17. The highest BCUT2D eigenvalue weighted by Gasteiger charge is 2.19. The van der Waals surface area contributed by atoms with Gasteiger partial charge in [-0.05, 0) is 67.6 Å². The predicted molar refractivity (Wildman–Crippen MR) is 187 cm³/mol. The van der Waals surface area contributed by atoms with Crippen molar-refractivity contribution < 1.29 is 0 Å². The van der Waals surface area contributed by atoms with E-state index in [4.69, 9.17) is 9.97 Å². The summed E-state index contributed by atoms with van der Waals surface area (Å²) in [7, 11) is 0. The molecule has 0 aliphatic heterocycles. The largest absolute Gasteiger partial charge is 0.276 e. The van der Waals surface area contributed by atoms with Crippen LogP contribution in [0.5, 0.6) is 0 Å². The van der Waals surface area contributed by atoms with Crippen molar-refractivity contribution in [1.29, 1.82) is 0 Å². The summed E-state index contributed by atoms with van der Waals surface area (Å²) in [4.78, 5) is 10.2. The molecule has 0 bridgehead atoms. The molecule has 0 N–H and O–H groups in total. The lowest BCUT2D eigenvalue weighted by atomic mass is 9.86. The molecule has 0 amide bonds. The van der Waals surface area contributed by atoms with E-state index in [0.29, 0.717) is 5.78 Å². The van der Waals surface area contributed by atoms with Gasteiger partial charge in [0.05, 0.1) is 22.4 Å². The molecule has 2 aromatic heterocycles. The fourth-order valence-electron chi connectivity index (χ4n) is 6.80.